The lowest BCUT2D eigenvalue weighted by Crippen LogP contribution is -2.09. The monoisotopic (exact) mass is 433 g/mol. The number of hydrogen-bond acceptors (Lipinski definition) is 5. The Kier molecular flexibility index (Phi) is 15.6. The van der Waals surface area contributed by atoms with Crippen LogP contribution < -0.4 is 5.73 Å². The number of carbonyl (C=O) groups is 1. The molecular formula is C23H39N5OS. The number of aromatic nitrogens is 4. The number of primary amides is 1. The van der Waals surface area contributed by atoms with E-state index < -0.39 is 0 Å². The highest BCUT2D eigenvalue weighted by atomic mass is 32.1. The number of rotatable bonds is 15. The van der Waals surface area contributed by atoms with Crippen molar-refractivity contribution >= 4 is 18.5 Å². The number of hydrogen-bond donors (Lipinski definition) is 2. The third-order valence-corrected chi connectivity index (χ3v) is 5.26. The Bertz CT molecular complexity index is 663. The van der Waals surface area contributed by atoms with Crippen LogP contribution in [0.15, 0.2) is 35.5 Å². The molecule has 0 unspecified atom stereocenters. The number of nitrogens with two attached hydrogens (primary N) is 1. The first-order valence-corrected chi connectivity index (χ1v) is 11.9. The molecule has 1 heterocycles. The summed E-state index contributed by atoms with van der Waals surface area (Å²) in [4.78, 5) is 10.5. The summed E-state index contributed by atoms with van der Waals surface area (Å²) < 4.78 is 1.56. The van der Waals surface area contributed by atoms with Crippen molar-refractivity contribution in [2.24, 2.45) is 5.73 Å². The molecule has 0 aliphatic rings. The minimum absolute atomic E-state index is 0.155. The molecule has 0 aliphatic heterocycles. The van der Waals surface area contributed by atoms with E-state index in [1.807, 2.05) is 30.3 Å². The number of unbranched alkanes of at least 4 members (excludes halogenated alkanes) is 12. The summed E-state index contributed by atoms with van der Waals surface area (Å²) in [6, 6.07) is 9.60. The molecule has 6 nitrogen and oxygen atoms in total. The summed E-state index contributed by atoms with van der Waals surface area (Å²) >= 11 is 4.09. The molecule has 0 spiro atoms. The lowest BCUT2D eigenvalue weighted by atomic mass is 10.0. The number of carbonyl (C=O) groups excluding carboxylic acids is 1. The van der Waals surface area contributed by atoms with Gasteiger partial charge in [0.2, 0.25) is 11.1 Å². The van der Waals surface area contributed by atoms with Gasteiger partial charge in [0, 0.05) is 6.42 Å². The van der Waals surface area contributed by atoms with Crippen molar-refractivity contribution in [2.75, 3.05) is 0 Å². The Labute approximate surface area is 187 Å². The van der Waals surface area contributed by atoms with Crippen LogP contribution in [0.5, 0.6) is 0 Å². The number of tetrazole rings is 1. The second-order valence-corrected chi connectivity index (χ2v) is 8.09. The maximum atomic E-state index is 10.5. The third-order valence-electron chi connectivity index (χ3n) is 4.98. The lowest BCUT2D eigenvalue weighted by molar-refractivity contribution is -0.118. The van der Waals surface area contributed by atoms with Crippen molar-refractivity contribution in [3.63, 3.8) is 0 Å². The van der Waals surface area contributed by atoms with E-state index in [0.717, 1.165) is 12.1 Å². The van der Waals surface area contributed by atoms with Gasteiger partial charge in [-0.3, -0.25) is 4.79 Å². The van der Waals surface area contributed by atoms with Crippen LogP contribution in [0.25, 0.3) is 5.69 Å². The molecule has 2 aromatic rings. The number of benzene rings is 1. The zero-order valence-corrected chi connectivity index (χ0v) is 19.4. The number of thiol groups is 1. The molecule has 1 aromatic carbocycles. The van der Waals surface area contributed by atoms with Crippen molar-refractivity contribution in [1.82, 2.24) is 20.2 Å². The predicted molar refractivity (Wildman–Crippen MR) is 126 cm³/mol. The summed E-state index contributed by atoms with van der Waals surface area (Å²) in [5.74, 6) is -0.155. The van der Waals surface area contributed by atoms with Gasteiger partial charge in [0.1, 0.15) is 0 Å². The quantitative estimate of drug-likeness (QED) is 0.270. The van der Waals surface area contributed by atoms with E-state index in [1.54, 1.807) is 4.68 Å². The third kappa shape index (κ3) is 13.4. The van der Waals surface area contributed by atoms with Gasteiger partial charge in [-0.1, -0.05) is 102 Å². The van der Waals surface area contributed by atoms with Crippen LogP contribution in [0.1, 0.15) is 96.8 Å². The van der Waals surface area contributed by atoms with E-state index in [9.17, 15) is 4.79 Å². The van der Waals surface area contributed by atoms with Crippen LogP contribution in [-0.4, -0.2) is 26.1 Å². The lowest BCUT2D eigenvalue weighted by Gasteiger charge is -2.02. The molecule has 0 atom stereocenters. The Morgan fingerprint density at radius 2 is 1.37 bits per heavy atom. The molecule has 0 bridgehead atoms. The summed E-state index contributed by atoms with van der Waals surface area (Å²) in [6.07, 6.45) is 17.9. The predicted octanol–water partition coefficient (Wildman–Crippen LogP) is 5.90. The van der Waals surface area contributed by atoms with Gasteiger partial charge in [-0.25, -0.2) is 0 Å². The van der Waals surface area contributed by atoms with Crippen molar-refractivity contribution in [1.29, 1.82) is 0 Å². The van der Waals surface area contributed by atoms with Crippen LogP contribution in [-0.2, 0) is 4.79 Å². The topological polar surface area (TPSA) is 86.7 Å². The first kappa shape index (κ1) is 26.1. The highest BCUT2D eigenvalue weighted by Gasteiger charge is 2.01. The molecule has 2 rings (SSSR count). The van der Waals surface area contributed by atoms with Crippen LogP contribution in [0.4, 0.5) is 0 Å². The number of nitrogens with zero attached hydrogens (tertiary/aromatic N) is 4. The Morgan fingerprint density at radius 1 is 0.867 bits per heavy atom. The summed E-state index contributed by atoms with van der Waals surface area (Å²) in [5.41, 5.74) is 6.00. The molecule has 0 saturated carbocycles. The fourth-order valence-electron chi connectivity index (χ4n) is 3.24. The van der Waals surface area contributed by atoms with Gasteiger partial charge >= 0.3 is 0 Å². The second kappa shape index (κ2) is 17.9. The zero-order chi connectivity index (χ0) is 21.9. The van der Waals surface area contributed by atoms with Crippen LogP contribution in [0.2, 0.25) is 0 Å². The highest BCUT2D eigenvalue weighted by molar-refractivity contribution is 7.80. The van der Waals surface area contributed by atoms with Crippen molar-refractivity contribution < 1.29 is 4.79 Å². The molecule has 30 heavy (non-hydrogen) atoms. The van der Waals surface area contributed by atoms with Gasteiger partial charge < -0.3 is 5.73 Å². The van der Waals surface area contributed by atoms with Crippen molar-refractivity contribution in [3.8, 4) is 5.69 Å². The summed E-state index contributed by atoms with van der Waals surface area (Å²) in [6.45, 7) is 2.27. The molecule has 1 amide bonds. The molecule has 7 heteroatoms. The minimum Gasteiger partial charge on any atom is -0.370 e. The molecule has 168 valence electrons. The molecular weight excluding hydrogens is 394 g/mol. The summed E-state index contributed by atoms with van der Waals surface area (Å²) in [5, 5.41) is 11.4. The van der Waals surface area contributed by atoms with Gasteiger partial charge in [-0.15, -0.1) is 17.7 Å². The Morgan fingerprint density at radius 3 is 1.80 bits per heavy atom. The number of amides is 1. The molecule has 0 fully saturated rings. The fourth-order valence-corrected chi connectivity index (χ4v) is 3.43. The van der Waals surface area contributed by atoms with Crippen molar-refractivity contribution in [3.05, 3.63) is 30.3 Å². The van der Waals surface area contributed by atoms with E-state index in [4.69, 9.17) is 5.73 Å². The number of para-hydroxylation sites is 1. The normalized spacial score (nSPS) is 10.5. The average molecular weight is 434 g/mol. The molecule has 0 aliphatic carbocycles. The fraction of sp³-hybridized carbons (Fsp3) is 0.652. The second-order valence-electron chi connectivity index (χ2n) is 7.69. The van der Waals surface area contributed by atoms with Gasteiger partial charge in [-0.05, 0) is 29.0 Å². The van der Waals surface area contributed by atoms with Crippen LogP contribution in [0.3, 0.4) is 0 Å². The van der Waals surface area contributed by atoms with E-state index in [2.05, 4.69) is 35.1 Å². The first-order valence-electron chi connectivity index (χ1n) is 11.5. The molecule has 0 radical (unpaired) electrons. The smallest absolute Gasteiger partial charge is 0.217 e. The van der Waals surface area contributed by atoms with Crippen LogP contribution >= 0.6 is 12.6 Å². The van der Waals surface area contributed by atoms with E-state index in [0.29, 0.717) is 11.6 Å². The standard InChI is InChI=1S/C16H33NO.C7H6N4S/c1-2-3-4-5-6-7-8-9-10-11-12-13-14-15-16(17)18;12-7-8-9-10-11(7)6-4-2-1-3-5-6/h2-15H2,1H3,(H2,17,18);1-5H,(H,8,10,12). The van der Waals surface area contributed by atoms with Gasteiger partial charge in [0.05, 0.1) is 5.69 Å². The van der Waals surface area contributed by atoms with Crippen LogP contribution in [0, 0.1) is 0 Å². The van der Waals surface area contributed by atoms with Gasteiger partial charge in [0.15, 0.2) is 0 Å². The van der Waals surface area contributed by atoms with Gasteiger partial charge in [0.25, 0.3) is 0 Å². The highest BCUT2D eigenvalue weighted by Crippen LogP contribution is 2.12. The zero-order valence-electron chi connectivity index (χ0n) is 18.5. The SMILES string of the molecule is CCCCCCCCCCCCCCCC(N)=O.Sc1nnnn1-c1ccccc1. The molecule has 2 N–H and O–H groups in total. The van der Waals surface area contributed by atoms with E-state index in [-0.39, 0.29) is 5.91 Å². The summed E-state index contributed by atoms with van der Waals surface area (Å²) in [7, 11) is 0. The van der Waals surface area contributed by atoms with Crippen molar-refractivity contribution in [2.45, 2.75) is 102 Å². The largest absolute Gasteiger partial charge is 0.370 e. The molecule has 1 aromatic heterocycles. The average Bonchev–Trinajstić information content (AvgIpc) is 3.18. The van der Waals surface area contributed by atoms with E-state index in [1.165, 1.54) is 77.0 Å². The molecule has 0 saturated heterocycles. The Balaban J connectivity index is 0.000000321. The van der Waals surface area contributed by atoms with E-state index >= 15 is 0 Å². The van der Waals surface area contributed by atoms with Gasteiger partial charge in [-0.2, -0.15) is 4.68 Å². The maximum Gasteiger partial charge on any atom is 0.217 e. The maximum absolute atomic E-state index is 10.5. The first-order chi connectivity index (χ1) is 14.6. The minimum atomic E-state index is -0.155. The Hall–Kier alpha value is -1.89.